The molecule has 1 atom stereocenters. The molecule has 0 aliphatic heterocycles. The minimum atomic E-state index is 0.207. The highest BCUT2D eigenvalue weighted by atomic mass is 16.2. The monoisotopic (exact) mass is 250 g/mol. The van der Waals surface area contributed by atoms with Gasteiger partial charge in [0.25, 0.3) is 0 Å². The molecule has 0 amide bonds. The number of aromatic nitrogens is 4. The molecule has 4 N–H and O–H groups in total. The Bertz CT molecular complexity index is 511. The van der Waals surface area contributed by atoms with Crippen LogP contribution >= 0.6 is 0 Å². The van der Waals surface area contributed by atoms with Gasteiger partial charge in [0, 0.05) is 19.7 Å². The molecule has 1 unspecified atom stereocenters. The van der Waals surface area contributed by atoms with Crippen LogP contribution in [0.1, 0.15) is 19.8 Å². The van der Waals surface area contributed by atoms with Crippen molar-refractivity contribution in [2.24, 2.45) is 0 Å². The quantitative estimate of drug-likeness (QED) is 0.609. The molecule has 18 heavy (non-hydrogen) atoms. The van der Waals surface area contributed by atoms with Crippen molar-refractivity contribution in [3.63, 3.8) is 0 Å². The van der Waals surface area contributed by atoms with Gasteiger partial charge in [-0.3, -0.25) is 5.10 Å². The lowest BCUT2D eigenvalue weighted by Crippen LogP contribution is -2.17. The average Bonchev–Trinajstić information content (AvgIpc) is 2.84. The number of aliphatic hydroxyl groups excluding tert-OH is 1. The molecule has 2 aromatic rings. The van der Waals surface area contributed by atoms with E-state index in [-0.39, 0.29) is 12.6 Å². The van der Waals surface area contributed by atoms with Gasteiger partial charge in [-0.2, -0.15) is 15.1 Å². The van der Waals surface area contributed by atoms with Gasteiger partial charge in [0.1, 0.15) is 5.82 Å². The summed E-state index contributed by atoms with van der Waals surface area (Å²) in [5.74, 6) is 1.30. The Morgan fingerprint density at radius 1 is 1.44 bits per heavy atom. The van der Waals surface area contributed by atoms with Crippen LogP contribution in [0.5, 0.6) is 0 Å². The lowest BCUT2D eigenvalue weighted by Gasteiger charge is -2.14. The zero-order valence-corrected chi connectivity index (χ0v) is 10.6. The Hall–Kier alpha value is -1.89. The normalized spacial score (nSPS) is 12.6. The Morgan fingerprint density at radius 3 is 3.00 bits per heavy atom. The smallest absolute Gasteiger partial charge is 0.226 e. The van der Waals surface area contributed by atoms with Crippen molar-refractivity contribution in [1.29, 1.82) is 0 Å². The average molecular weight is 250 g/mol. The van der Waals surface area contributed by atoms with Crippen LogP contribution in [-0.4, -0.2) is 45.0 Å². The van der Waals surface area contributed by atoms with Gasteiger partial charge < -0.3 is 15.7 Å². The van der Waals surface area contributed by atoms with Crippen molar-refractivity contribution in [3.8, 4) is 0 Å². The molecule has 2 aromatic heterocycles. The number of H-pyrrole nitrogens is 1. The number of fused-ring (bicyclic) bond motifs is 1. The lowest BCUT2D eigenvalue weighted by atomic mass is 10.2. The molecule has 0 radical (unpaired) electrons. The fraction of sp³-hybridized carbons (Fsp3) is 0.545. The van der Waals surface area contributed by atoms with Crippen LogP contribution in [0.4, 0.5) is 11.8 Å². The summed E-state index contributed by atoms with van der Waals surface area (Å²) in [6.07, 6.45) is 3.36. The Labute approximate surface area is 105 Å². The van der Waals surface area contributed by atoms with Gasteiger partial charge in [0.05, 0.1) is 11.6 Å². The maximum atomic E-state index is 8.82. The molecular formula is C11H18N6O. The molecule has 98 valence electrons. The molecule has 0 bridgehead atoms. The van der Waals surface area contributed by atoms with Crippen molar-refractivity contribution in [3.05, 3.63) is 6.20 Å². The number of hydrogen-bond acceptors (Lipinski definition) is 6. The highest BCUT2D eigenvalue weighted by Gasteiger charge is 2.11. The van der Waals surface area contributed by atoms with Crippen molar-refractivity contribution in [1.82, 2.24) is 20.2 Å². The molecule has 0 aromatic carbocycles. The minimum Gasteiger partial charge on any atom is -0.396 e. The molecule has 7 nitrogen and oxygen atoms in total. The predicted octanol–water partition coefficient (Wildman–Crippen LogP) is 0.967. The largest absolute Gasteiger partial charge is 0.396 e. The van der Waals surface area contributed by atoms with E-state index in [1.54, 1.807) is 13.2 Å². The Morgan fingerprint density at radius 2 is 2.28 bits per heavy atom. The zero-order chi connectivity index (χ0) is 13.0. The second kappa shape index (κ2) is 5.63. The van der Waals surface area contributed by atoms with E-state index in [0.29, 0.717) is 11.6 Å². The third-order valence-corrected chi connectivity index (χ3v) is 2.71. The third kappa shape index (κ3) is 2.67. The van der Waals surface area contributed by atoms with Gasteiger partial charge in [0.2, 0.25) is 5.95 Å². The van der Waals surface area contributed by atoms with Gasteiger partial charge in [-0.25, -0.2) is 0 Å². The van der Waals surface area contributed by atoms with E-state index in [1.807, 2.05) is 0 Å². The summed E-state index contributed by atoms with van der Waals surface area (Å²) in [7, 11) is 1.77. The van der Waals surface area contributed by atoms with Crippen LogP contribution in [0.2, 0.25) is 0 Å². The molecular weight excluding hydrogens is 232 g/mol. The first-order valence-corrected chi connectivity index (χ1v) is 6.01. The summed E-state index contributed by atoms with van der Waals surface area (Å²) < 4.78 is 0. The van der Waals surface area contributed by atoms with E-state index < -0.39 is 0 Å². The zero-order valence-electron chi connectivity index (χ0n) is 10.6. The minimum absolute atomic E-state index is 0.207. The number of nitrogens with one attached hydrogen (secondary N) is 3. The summed E-state index contributed by atoms with van der Waals surface area (Å²) in [6, 6.07) is 0.231. The first kappa shape index (κ1) is 12.6. The maximum absolute atomic E-state index is 8.82. The van der Waals surface area contributed by atoms with E-state index in [2.05, 4.69) is 37.7 Å². The van der Waals surface area contributed by atoms with Gasteiger partial charge in [-0.1, -0.05) is 0 Å². The van der Waals surface area contributed by atoms with Crippen molar-refractivity contribution in [2.45, 2.75) is 25.8 Å². The third-order valence-electron chi connectivity index (χ3n) is 2.71. The fourth-order valence-electron chi connectivity index (χ4n) is 1.76. The summed E-state index contributed by atoms with van der Waals surface area (Å²) in [5.41, 5.74) is 0.700. The Kier molecular flexibility index (Phi) is 3.93. The van der Waals surface area contributed by atoms with Gasteiger partial charge >= 0.3 is 0 Å². The van der Waals surface area contributed by atoms with Crippen LogP contribution in [0.3, 0.4) is 0 Å². The second-order valence-electron chi connectivity index (χ2n) is 4.19. The fourth-order valence-corrected chi connectivity index (χ4v) is 1.76. The Balaban J connectivity index is 2.22. The summed E-state index contributed by atoms with van der Waals surface area (Å²) in [4.78, 5) is 8.65. The maximum Gasteiger partial charge on any atom is 0.226 e. The van der Waals surface area contributed by atoms with Crippen molar-refractivity contribution < 1.29 is 5.11 Å². The number of rotatable bonds is 6. The van der Waals surface area contributed by atoms with Crippen LogP contribution in [-0.2, 0) is 0 Å². The molecule has 0 spiro atoms. The van der Waals surface area contributed by atoms with E-state index in [0.717, 1.165) is 24.0 Å². The lowest BCUT2D eigenvalue weighted by molar-refractivity contribution is 0.282. The topological polar surface area (TPSA) is 98.8 Å². The van der Waals surface area contributed by atoms with Crippen LogP contribution < -0.4 is 10.6 Å². The predicted molar refractivity (Wildman–Crippen MR) is 70.6 cm³/mol. The first-order chi connectivity index (χ1) is 8.74. The van der Waals surface area contributed by atoms with E-state index in [4.69, 9.17) is 5.11 Å². The number of aromatic amines is 1. The second-order valence-corrected chi connectivity index (χ2v) is 4.19. The molecule has 0 aliphatic rings. The van der Waals surface area contributed by atoms with E-state index in [9.17, 15) is 0 Å². The van der Waals surface area contributed by atoms with Crippen LogP contribution in [0.25, 0.3) is 11.0 Å². The van der Waals surface area contributed by atoms with E-state index in [1.165, 1.54) is 0 Å². The van der Waals surface area contributed by atoms with Crippen molar-refractivity contribution >= 4 is 22.8 Å². The molecule has 2 rings (SSSR count). The standard InChI is InChI=1S/C11H18N6O/c1-7(4-3-5-18)14-9-8-6-13-17-10(8)16-11(12-2)15-9/h6-7,18H,3-5H2,1-2H3,(H3,12,13,14,15,16,17). The van der Waals surface area contributed by atoms with Gasteiger partial charge in [0.15, 0.2) is 5.65 Å². The number of aliphatic hydroxyl groups is 1. The summed E-state index contributed by atoms with van der Waals surface area (Å²) in [6.45, 7) is 2.27. The molecule has 0 aliphatic carbocycles. The van der Waals surface area contributed by atoms with Crippen molar-refractivity contribution in [2.75, 3.05) is 24.3 Å². The van der Waals surface area contributed by atoms with Crippen LogP contribution in [0, 0.1) is 0 Å². The highest BCUT2D eigenvalue weighted by molar-refractivity contribution is 5.87. The number of hydrogen-bond donors (Lipinski definition) is 4. The molecule has 2 heterocycles. The number of nitrogens with zero attached hydrogens (tertiary/aromatic N) is 3. The van der Waals surface area contributed by atoms with Crippen LogP contribution in [0.15, 0.2) is 6.20 Å². The summed E-state index contributed by atoms with van der Waals surface area (Å²) >= 11 is 0. The summed E-state index contributed by atoms with van der Waals surface area (Å²) in [5, 5.41) is 22.7. The molecule has 7 heteroatoms. The molecule has 0 saturated carbocycles. The molecule has 0 saturated heterocycles. The van der Waals surface area contributed by atoms with E-state index >= 15 is 0 Å². The SMILES string of the molecule is CNc1nc(NC(C)CCCO)c2cn[nH]c2n1. The molecule has 0 fully saturated rings. The number of anilines is 2. The first-order valence-electron chi connectivity index (χ1n) is 6.01. The van der Waals surface area contributed by atoms with Gasteiger partial charge in [-0.15, -0.1) is 0 Å². The van der Waals surface area contributed by atoms with Gasteiger partial charge in [-0.05, 0) is 19.8 Å². The highest BCUT2D eigenvalue weighted by Crippen LogP contribution is 2.21.